The van der Waals surface area contributed by atoms with Gasteiger partial charge in [-0.2, -0.15) is 0 Å². The second-order valence-corrected chi connectivity index (χ2v) is 3.56. The predicted molar refractivity (Wildman–Crippen MR) is 49.9 cm³/mol. The summed E-state index contributed by atoms with van der Waals surface area (Å²) in [5.74, 6) is -0.270. The lowest BCUT2D eigenvalue weighted by Crippen LogP contribution is -2.26. The van der Waals surface area contributed by atoms with Crippen molar-refractivity contribution in [2.24, 2.45) is 0 Å². The lowest BCUT2D eigenvalue weighted by molar-refractivity contribution is -0.143. The van der Waals surface area contributed by atoms with Crippen LogP contribution in [0.2, 0.25) is 5.02 Å². The van der Waals surface area contributed by atoms with Gasteiger partial charge in [-0.05, 0) is 29.7 Å². The number of esters is 1. The summed E-state index contributed by atoms with van der Waals surface area (Å²) < 4.78 is 4.67. The largest absolute Gasteiger partial charge is 0.469 e. The van der Waals surface area contributed by atoms with Crippen molar-refractivity contribution in [2.45, 2.75) is 12.3 Å². The molecule has 0 bridgehead atoms. The fraction of sp³-hybridized carbons (Fsp3) is 0.300. The van der Waals surface area contributed by atoms with Gasteiger partial charge in [0.2, 0.25) is 0 Å². The van der Waals surface area contributed by atoms with Gasteiger partial charge in [-0.3, -0.25) is 4.79 Å². The predicted octanol–water partition coefficient (Wildman–Crippen LogP) is 2.15. The molecule has 0 amide bonds. The summed E-state index contributed by atoms with van der Waals surface area (Å²) >= 11 is 5.81. The molecule has 1 aromatic carbocycles. The standard InChI is InChI=1S/C10H9ClO2/c1-13-10(12)9-4-6-2-3-7(11)5-8(6)9/h2-3,5,9H,4H2,1H3. The van der Waals surface area contributed by atoms with Crippen LogP contribution in [0.4, 0.5) is 0 Å². The van der Waals surface area contributed by atoms with E-state index in [1.165, 1.54) is 12.7 Å². The summed E-state index contributed by atoms with van der Waals surface area (Å²) in [5, 5.41) is 0.673. The minimum Gasteiger partial charge on any atom is -0.469 e. The van der Waals surface area contributed by atoms with Crippen molar-refractivity contribution in [2.75, 3.05) is 7.11 Å². The molecule has 1 aliphatic carbocycles. The monoisotopic (exact) mass is 196 g/mol. The van der Waals surface area contributed by atoms with Crippen LogP contribution < -0.4 is 0 Å². The smallest absolute Gasteiger partial charge is 0.313 e. The van der Waals surface area contributed by atoms with E-state index in [2.05, 4.69) is 4.74 Å². The molecule has 0 heterocycles. The molecule has 0 aromatic heterocycles. The average Bonchev–Trinajstić information content (AvgIpc) is 2.10. The van der Waals surface area contributed by atoms with Gasteiger partial charge in [-0.1, -0.05) is 17.7 Å². The second kappa shape index (κ2) is 3.04. The van der Waals surface area contributed by atoms with E-state index in [1.54, 1.807) is 0 Å². The van der Waals surface area contributed by atoms with Gasteiger partial charge in [0.25, 0.3) is 0 Å². The van der Waals surface area contributed by atoms with Gasteiger partial charge in [0.1, 0.15) is 0 Å². The Morgan fingerprint density at radius 2 is 2.38 bits per heavy atom. The highest BCUT2D eigenvalue weighted by Gasteiger charge is 2.32. The van der Waals surface area contributed by atoms with Crippen molar-refractivity contribution in [1.29, 1.82) is 0 Å². The third kappa shape index (κ3) is 1.31. The van der Waals surface area contributed by atoms with Gasteiger partial charge in [-0.25, -0.2) is 0 Å². The van der Waals surface area contributed by atoms with Crippen LogP contribution in [-0.4, -0.2) is 13.1 Å². The summed E-state index contributed by atoms with van der Waals surface area (Å²) in [6.45, 7) is 0. The zero-order chi connectivity index (χ0) is 9.42. The number of benzene rings is 1. The first-order valence-corrected chi connectivity index (χ1v) is 4.46. The quantitative estimate of drug-likeness (QED) is 0.644. The Kier molecular flexibility index (Phi) is 2.00. The van der Waals surface area contributed by atoms with Crippen molar-refractivity contribution in [3.05, 3.63) is 34.3 Å². The maximum Gasteiger partial charge on any atom is 0.313 e. The molecule has 2 rings (SSSR count). The Bertz CT molecular complexity index is 360. The number of halogens is 1. The van der Waals surface area contributed by atoms with Crippen molar-refractivity contribution < 1.29 is 9.53 Å². The van der Waals surface area contributed by atoms with Crippen LogP contribution in [0.25, 0.3) is 0 Å². The van der Waals surface area contributed by atoms with E-state index in [0.29, 0.717) is 5.02 Å². The van der Waals surface area contributed by atoms with Crippen LogP contribution in [0.5, 0.6) is 0 Å². The molecule has 68 valence electrons. The average molecular weight is 197 g/mol. The Morgan fingerprint density at radius 1 is 1.62 bits per heavy atom. The molecular weight excluding hydrogens is 188 g/mol. The molecule has 0 spiro atoms. The van der Waals surface area contributed by atoms with Crippen LogP contribution in [-0.2, 0) is 16.0 Å². The van der Waals surface area contributed by atoms with Crippen LogP contribution in [0.3, 0.4) is 0 Å². The van der Waals surface area contributed by atoms with Gasteiger partial charge >= 0.3 is 5.97 Å². The minimum atomic E-state index is -0.172. The van der Waals surface area contributed by atoms with Gasteiger partial charge in [0, 0.05) is 5.02 Å². The number of fused-ring (bicyclic) bond motifs is 1. The number of carbonyl (C=O) groups is 1. The minimum absolute atomic E-state index is 0.0984. The van der Waals surface area contributed by atoms with Crippen LogP contribution in [0.1, 0.15) is 17.0 Å². The zero-order valence-electron chi connectivity index (χ0n) is 7.21. The Balaban J connectivity index is 2.30. The van der Waals surface area contributed by atoms with E-state index in [4.69, 9.17) is 11.6 Å². The molecule has 0 saturated carbocycles. The topological polar surface area (TPSA) is 26.3 Å². The first-order valence-electron chi connectivity index (χ1n) is 4.08. The van der Waals surface area contributed by atoms with Gasteiger partial charge in [0.15, 0.2) is 0 Å². The molecule has 1 atom stereocenters. The second-order valence-electron chi connectivity index (χ2n) is 3.12. The molecule has 1 aliphatic rings. The molecule has 13 heavy (non-hydrogen) atoms. The third-order valence-corrected chi connectivity index (χ3v) is 2.63. The number of ether oxygens (including phenoxy) is 1. The molecule has 0 fully saturated rings. The van der Waals surface area contributed by atoms with Crippen molar-refractivity contribution in [3.8, 4) is 0 Å². The summed E-state index contributed by atoms with van der Waals surface area (Å²) in [4.78, 5) is 11.2. The van der Waals surface area contributed by atoms with Crippen molar-refractivity contribution in [3.63, 3.8) is 0 Å². The normalized spacial score (nSPS) is 18.8. The van der Waals surface area contributed by atoms with Crippen molar-refractivity contribution in [1.82, 2.24) is 0 Å². The first-order chi connectivity index (χ1) is 6.22. The van der Waals surface area contributed by atoms with Crippen LogP contribution >= 0.6 is 11.6 Å². The van der Waals surface area contributed by atoms with Gasteiger partial charge in [0.05, 0.1) is 13.0 Å². The molecule has 0 saturated heterocycles. The van der Waals surface area contributed by atoms with Crippen molar-refractivity contribution >= 4 is 17.6 Å². The molecule has 1 aromatic rings. The molecule has 0 N–H and O–H groups in total. The van der Waals surface area contributed by atoms with Gasteiger partial charge in [-0.15, -0.1) is 0 Å². The molecule has 0 aliphatic heterocycles. The maximum atomic E-state index is 11.2. The van der Waals surface area contributed by atoms with E-state index >= 15 is 0 Å². The molecule has 3 heteroatoms. The summed E-state index contributed by atoms with van der Waals surface area (Å²) in [6, 6.07) is 5.63. The highest BCUT2D eigenvalue weighted by Crippen LogP contribution is 2.37. The SMILES string of the molecule is COC(=O)C1Cc2ccc(Cl)cc21. The number of methoxy groups -OCH3 is 1. The number of hydrogen-bond donors (Lipinski definition) is 0. The molecule has 1 unspecified atom stereocenters. The lowest BCUT2D eigenvalue weighted by Gasteiger charge is -2.27. The van der Waals surface area contributed by atoms with E-state index < -0.39 is 0 Å². The Hall–Kier alpha value is -1.02. The highest BCUT2D eigenvalue weighted by molar-refractivity contribution is 6.30. The van der Waals surface area contributed by atoms with Gasteiger partial charge < -0.3 is 4.74 Å². The summed E-state index contributed by atoms with van der Waals surface area (Å²) in [7, 11) is 1.41. The number of rotatable bonds is 1. The molecule has 2 nitrogen and oxygen atoms in total. The Morgan fingerprint density at radius 3 is 3.08 bits per heavy atom. The first kappa shape index (κ1) is 8.57. The van der Waals surface area contributed by atoms with Crippen LogP contribution in [0, 0.1) is 0 Å². The third-order valence-electron chi connectivity index (χ3n) is 2.39. The fourth-order valence-corrected chi connectivity index (χ4v) is 1.81. The van der Waals surface area contributed by atoms with E-state index in [-0.39, 0.29) is 11.9 Å². The van der Waals surface area contributed by atoms with E-state index in [1.807, 2.05) is 18.2 Å². The van der Waals surface area contributed by atoms with E-state index in [0.717, 1.165) is 12.0 Å². The Labute approximate surface area is 81.5 Å². The fourth-order valence-electron chi connectivity index (χ4n) is 1.63. The number of carbonyl (C=O) groups excluding carboxylic acids is 1. The zero-order valence-corrected chi connectivity index (χ0v) is 7.97. The summed E-state index contributed by atoms with van der Waals surface area (Å²) in [6.07, 6.45) is 0.777. The van der Waals surface area contributed by atoms with Crippen LogP contribution in [0.15, 0.2) is 18.2 Å². The maximum absolute atomic E-state index is 11.2. The molecular formula is C10H9ClO2. The highest BCUT2D eigenvalue weighted by atomic mass is 35.5. The lowest BCUT2D eigenvalue weighted by atomic mass is 9.78. The number of hydrogen-bond acceptors (Lipinski definition) is 2. The summed E-state index contributed by atoms with van der Waals surface area (Å²) in [5.41, 5.74) is 2.21. The molecule has 0 radical (unpaired) electrons. The van der Waals surface area contributed by atoms with E-state index in [9.17, 15) is 4.79 Å².